The molecule has 0 N–H and O–H groups in total. The van der Waals surface area contributed by atoms with Crippen LogP contribution >= 0.6 is 0 Å². The number of hydrogen-bond donors (Lipinski definition) is 0. The Morgan fingerprint density at radius 1 is 1.40 bits per heavy atom. The number of hydrogen-bond acceptors (Lipinski definition) is 4. The first-order chi connectivity index (χ1) is 7.29. The molecular weight excluding hydrogens is 194 g/mol. The van der Waals surface area contributed by atoms with Gasteiger partial charge in [0.15, 0.2) is 0 Å². The lowest BCUT2D eigenvalue weighted by atomic mass is 10.3. The fraction of sp³-hybridized carbons (Fsp3) is 0.909. The van der Waals surface area contributed by atoms with E-state index in [1.54, 1.807) is 0 Å². The summed E-state index contributed by atoms with van der Waals surface area (Å²) in [5, 5.41) is 0. The van der Waals surface area contributed by atoms with Gasteiger partial charge in [-0.05, 0) is 19.3 Å². The molecule has 0 aromatic rings. The highest BCUT2D eigenvalue weighted by molar-refractivity contribution is 5.69. The zero-order valence-corrected chi connectivity index (χ0v) is 9.28. The minimum atomic E-state index is -0.188. The third-order valence-electron chi connectivity index (χ3n) is 3.13. The Morgan fingerprint density at radius 2 is 2.20 bits per heavy atom. The minimum Gasteiger partial charge on any atom is -0.469 e. The highest BCUT2D eigenvalue weighted by Gasteiger charge is 2.34. The van der Waals surface area contributed by atoms with Crippen molar-refractivity contribution in [3.8, 4) is 0 Å². The summed E-state index contributed by atoms with van der Waals surface area (Å²) in [5.74, 6) is -0.188. The standard InChI is InChI=1S/C11H19NO3/c1-14-11(13)5-7-15-10-4-6-12(8-10)9-2-3-9/h9-10H,2-8H2,1H3. The summed E-state index contributed by atoms with van der Waals surface area (Å²) in [6, 6.07) is 0.833. The highest BCUT2D eigenvalue weighted by Crippen LogP contribution is 2.30. The second kappa shape index (κ2) is 4.94. The number of carbonyl (C=O) groups excluding carboxylic acids is 1. The number of nitrogens with zero attached hydrogens (tertiary/aromatic N) is 1. The molecule has 15 heavy (non-hydrogen) atoms. The number of esters is 1. The van der Waals surface area contributed by atoms with Gasteiger partial charge >= 0.3 is 5.97 Å². The second-order valence-electron chi connectivity index (χ2n) is 4.33. The van der Waals surface area contributed by atoms with Gasteiger partial charge in [0.1, 0.15) is 0 Å². The van der Waals surface area contributed by atoms with Crippen LogP contribution in [0.2, 0.25) is 0 Å². The van der Waals surface area contributed by atoms with Crippen molar-refractivity contribution in [1.29, 1.82) is 0 Å². The normalized spacial score (nSPS) is 26.9. The number of rotatable bonds is 5. The quantitative estimate of drug-likeness (QED) is 0.633. The average Bonchev–Trinajstić information content (AvgIpc) is 2.99. The van der Waals surface area contributed by atoms with Gasteiger partial charge in [-0.15, -0.1) is 0 Å². The van der Waals surface area contributed by atoms with Crippen molar-refractivity contribution in [2.45, 2.75) is 37.8 Å². The molecule has 1 saturated carbocycles. The molecule has 2 rings (SSSR count). The Hall–Kier alpha value is -0.610. The molecule has 1 saturated heterocycles. The molecule has 4 heteroatoms. The molecule has 1 unspecified atom stereocenters. The fourth-order valence-electron chi connectivity index (χ4n) is 2.07. The van der Waals surface area contributed by atoms with Crippen LogP contribution in [0.1, 0.15) is 25.7 Å². The molecule has 1 aliphatic heterocycles. The first-order valence-corrected chi connectivity index (χ1v) is 5.72. The highest BCUT2D eigenvalue weighted by atomic mass is 16.5. The maximum Gasteiger partial charge on any atom is 0.307 e. The topological polar surface area (TPSA) is 38.8 Å². The predicted octanol–water partition coefficient (Wildman–Crippen LogP) is 0.803. The van der Waals surface area contributed by atoms with Gasteiger partial charge in [-0.2, -0.15) is 0 Å². The van der Waals surface area contributed by atoms with Crippen LogP contribution in [0.4, 0.5) is 0 Å². The summed E-state index contributed by atoms with van der Waals surface area (Å²) < 4.78 is 10.2. The van der Waals surface area contributed by atoms with E-state index in [1.807, 2.05) is 0 Å². The van der Waals surface area contributed by atoms with Gasteiger partial charge < -0.3 is 9.47 Å². The van der Waals surface area contributed by atoms with Gasteiger partial charge in [0.2, 0.25) is 0 Å². The predicted molar refractivity (Wildman–Crippen MR) is 55.6 cm³/mol. The largest absolute Gasteiger partial charge is 0.469 e. The summed E-state index contributed by atoms with van der Waals surface area (Å²) >= 11 is 0. The van der Waals surface area contributed by atoms with E-state index >= 15 is 0 Å². The molecule has 2 fully saturated rings. The third-order valence-corrected chi connectivity index (χ3v) is 3.13. The molecule has 1 heterocycles. The van der Waals surface area contributed by atoms with Crippen LogP contribution in [0.25, 0.3) is 0 Å². The van der Waals surface area contributed by atoms with Crippen molar-refractivity contribution in [2.75, 3.05) is 26.8 Å². The Morgan fingerprint density at radius 3 is 2.87 bits per heavy atom. The SMILES string of the molecule is COC(=O)CCOC1CCN(C2CC2)C1. The molecule has 0 spiro atoms. The number of likely N-dealkylation sites (tertiary alicyclic amines) is 1. The minimum absolute atomic E-state index is 0.188. The fourth-order valence-corrected chi connectivity index (χ4v) is 2.07. The Labute approximate surface area is 90.5 Å². The van der Waals surface area contributed by atoms with E-state index in [-0.39, 0.29) is 5.97 Å². The number of methoxy groups -OCH3 is 1. The van der Waals surface area contributed by atoms with Crippen molar-refractivity contribution in [3.05, 3.63) is 0 Å². The molecule has 1 aliphatic carbocycles. The molecule has 0 aromatic heterocycles. The van der Waals surface area contributed by atoms with Crippen LogP contribution in [0.5, 0.6) is 0 Å². The van der Waals surface area contributed by atoms with Crippen LogP contribution in [-0.4, -0.2) is 49.8 Å². The van der Waals surface area contributed by atoms with Gasteiger partial charge in [-0.3, -0.25) is 9.69 Å². The molecule has 0 amide bonds. The molecule has 2 aliphatic rings. The lowest BCUT2D eigenvalue weighted by molar-refractivity contribution is -0.142. The van der Waals surface area contributed by atoms with E-state index in [0.29, 0.717) is 19.1 Å². The van der Waals surface area contributed by atoms with Crippen LogP contribution in [0.15, 0.2) is 0 Å². The van der Waals surface area contributed by atoms with Crippen molar-refractivity contribution in [1.82, 2.24) is 4.90 Å². The van der Waals surface area contributed by atoms with Crippen molar-refractivity contribution in [2.24, 2.45) is 0 Å². The van der Waals surface area contributed by atoms with E-state index in [2.05, 4.69) is 9.64 Å². The lowest BCUT2D eigenvalue weighted by Crippen LogP contribution is -2.25. The van der Waals surface area contributed by atoms with E-state index in [1.165, 1.54) is 20.0 Å². The summed E-state index contributed by atoms with van der Waals surface area (Å²) in [6.07, 6.45) is 4.52. The maximum atomic E-state index is 10.9. The molecule has 4 nitrogen and oxygen atoms in total. The molecule has 0 bridgehead atoms. The van der Waals surface area contributed by atoms with Crippen LogP contribution < -0.4 is 0 Å². The number of carbonyl (C=O) groups is 1. The Kier molecular flexibility index (Phi) is 3.59. The summed E-state index contributed by atoms with van der Waals surface area (Å²) in [6.45, 7) is 2.70. The molecule has 0 aromatic carbocycles. The van der Waals surface area contributed by atoms with Gasteiger partial charge in [-0.1, -0.05) is 0 Å². The zero-order valence-electron chi connectivity index (χ0n) is 9.28. The van der Waals surface area contributed by atoms with E-state index in [4.69, 9.17) is 4.74 Å². The summed E-state index contributed by atoms with van der Waals surface area (Å²) in [7, 11) is 1.41. The van der Waals surface area contributed by atoms with Gasteiger partial charge in [0, 0.05) is 19.1 Å². The number of ether oxygens (including phenoxy) is 2. The van der Waals surface area contributed by atoms with Crippen molar-refractivity contribution in [3.63, 3.8) is 0 Å². The van der Waals surface area contributed by atoms with Gasteiger partial charge in [-0.25, -0.2) is 0 Å². The van der Waals surface area contributed by atoms with E-state index < -0.39 is 0 Å². The summed E-state index contributed by atoms with van der Waals surface area (Å²) in [4.78, 5) is 13.4. The van der Waals surface area contributed by atoms with Gasteiger partial charge in [0.05, 0.1) is 26.2 Å². The third kappa shape index (κ3) is 3.18. The first kappa shape index (κ1) is 10.9. The Bertz CT molecular complexity index is 228. The summed E-state index contributed by atoms with van der Waals surface area (Å²) in [5.41, 5.74) is 0. The average molecular weight is 213 g/mol. The van der Waals surface area contributed by atoms with Crippen LogP contribution in [0, 0.1) is 0 Å². The van der Waals surface area contributed by atoms with Gasteiger partial charge in [0.25, 0.3) is 0 Å². The van der Waals surface area contributed by atoms with E-state index in [0.717, 1.165) is 25.6 Å². The Balaban J connectivity index is 1.58. The van der Waals surface area contributed by atoms with Crippen molar-refractivity contribution >= 4 is 5.97 Å². The molecule has 86 valence electrons. The lowest BCUT2D eigenvalue weighted by Gasteiger charge is -2.14. The van der Waals surface area contributed by atoms with Crippen LogP contribution in [0.3, 0.4) is 0 Å². The van der Waals surface area contributed by atoms with Crippen molar-refractivity contribution < 1.29 is 14.3 Å². The molecule has 0 radical (unpaired) electrons. The van der Waals surface area contributed by atoms with E-state index in [9.17, 15) is 4.79 Å². The second-order valence-corrected chi connectivity index (χ2v) is 4.33. The molecule has 1 atom stereocenters. The smallest absolute Gasteiger partial charge is 0.307 e. The first-order valence-electron chi connectivity index (χ1n) is 5.72. The maximum absolute atomic E-state index is 10.9. The molecular formula is C11H19NO3. The van der Waals surface area contributed by atoms with Crippen LogP contribution in [-0.2, 0) is 14.3 Å². The zero-order chi connectivity index (χ0) is 10.7. The monoisotopic (exact) mass is 213 g/mol.